The van der Waals surface area contributed by atoms with Gasteiger partial charge in [-0.15, -0.1) is 0 Å². The number of aromatic nitrogens is 1. The number of aromatic amines is 1. The molecule has 27 heavy (non-hydrogen) atoms. The van der Waals surface area contributed by atoms with Crippen LogP contribution in [0.2, 0.25) is 0 Å². The molecule has 0 saturated carbocycles. The molecule has 3 aromatic rings. The Kier molecular flexibility index (Phi) is 4.90. The van der Waals surface area contributed by atoms with Gasteiger partial charge in [-0.2, -0.15) is 0 Å². The number of carbonyl (C=O) groups excluding carboxylic acids is 2. The minimum absolute atomic E-state index is 0.0246. The third-order valence-electron chi connectivity index (χ3n) is 4.53. The third-order valence-corrected chi connectivity index (χ3v) is 4.53. The lowest BCUT2D eigenvalue weighted by Gasteiger charge is -2.15. The van der Waals surface area contributed by atoms with E-state index in [0.717, 1.165) is 16.5 Å². The molecule has 0 saturated heterocycles. The van der Waals surface area contributed by atoms with Crippen LogP contribution in [0, 0.1) is 0 Å². The van der Waals surface area contributed by atoms with Crippen molar-refractivity contribution in [1.29, 1.82) is 0 Å². The van der Waals surface area contributed by atoms with Crippen molar-refractivity contribution in [3.63, 3.8) is 0 Å². The summed E-state index contributed by atoms with van der Waals surface area (Å²) in [6.07, 6.45) is 2.36. The number of hydrogen-bond acceptors (Lipinski definition) is 5. The molecule has 0 unspecified atom stereocenters. The molecule has 0 fully saturated rings. The molecule has 0 bridgehead atoms. The maximum atomic E-state index is 12.6. The highest BCUT2D eigenvalue weighted by atomic mass is 16.5. The van der Waals surface area contributed by atoms with Crippen LogP contribution in [0.4, 0.5) is 0 Å². The van der Waals surface area contributed by atoms with Gasteiger partial charge >= 0.3 is 11.9 Å². The van der Waals surface area contributed by atoms with Crippen LogP contribution >= 0.6 is 0 Å². The van der Waals surface area contributed by atoms with Gasteiger partial charge in [0.05, 0.1) is 25.3 Å². The number of nitrogens with one attached hydrogen (secondary N) is 1. The summed E-state index contributed by atoms with van der Waals surface area (Å²) in [6, 6.07) is 7.52. The molecular formula is C21H21NO5. The lowest BCUT2D eigenvalue weighted by atomic mass is 9.92. The molecule has 0 amide bonds. The zero-order valence-electron chi connectivity index (χ0n) is 15.7. The Bertz CT molecular complexity index is 1090. The zero-order valence-corrected chi connectivity index (χ0v) is 15.7. The van der Waals surface area contributed by atoms with Crippen molar-refractivity contribution in [1.82, 2.24) is 4.98 Å². The fourth-order valence-corrected chi connectivity index (χ4v) is 3.29. The third kappa shape index (κ3) is 3.03. The standard InChI is InChI=1S/C21H21NO5/c1-11(2)9-10-13-15-12-7-5-6-8-14(12)22-18(15)19(23)17(21(25)27-4)16(13)20(24)26-3/h5-9,22-23H,10H2,1-4H3. The number of ether oxygens (including phenoxy) is 2. The number of phenolic OH excluding ortho intramolecular Hbond substituents is 1. The highest BCUT2D eigenvalue weighted by molar-refractivity contribution is 6.19. The fraction of sp³-hybridized carbons (Fsp3) is 0.238. The molecule has 0 spiro atoms. The second-order valence-corrected chi connectivity index (χ2v) is 6.47. The first-order valence-corrected chi connectivity index (χ1v) is 8.48. The van der Waals surface area contributed by atoms with Crippen LogP contribution in [-0.4, -0.2) is 36.2 Å². The number of esters is 2. The number of para-hydroxylation sites is 1. The second kappa shape index (κ2) is 7.15. The normalized spacial score (nSPS) is 10.8. The van der Waals surface area contributed by atoms with E-state index < -0.39 is 11.9 Å². The SMILES string of the molecule is COC(=O)c1c(C(=O)OC)c(CC=C(C)C)c2c([nH]c3ccccc32)c1O. The van der Waals surface area contributed by atoms with Gasteiger partial charge in [-0.1, -0.05) is 29.8 Å². The Morgan fingerprint density at radius 2 is 1.70 bits per heavy atom. The minimum Gasteiger partial charge on any atom is -0.505 e. The highest BCUT2D eigenvalue weighted by Gasteiger charge is 2.30. The predicted octanol–water partition coefficient (Wildman–Crippen LogP) is 4.11. The van der Waals surface area contributed by atoms with E-state index in [4.69, 9.17) is 9.47 Å². The molecule has 6 heteroatoms. The molecule has 0 atom stereocenters. The van der Waals surface area contributed by atoms with E-state index in [0.29, 0.717) is 22.9 Å². The first kappa shape index (κ1) is 18.5. The molecule has 6 nitrogen and oxygen atoms in total. The number of benzene rings is 2. The molecule has 2 N–H and O–H groups in total. The van der Waals surface area contributed by atoms with Gasteiger partial charge in [-0.3, -0.25) is 0 Å². The monoisotopic (exact) mass is 367 g/mol. The molecular weight excluding hydrogens is 346 g/mol. The van der Waals surface area contributed by atoms with E-state index in [2.05, 4.69) is 4.98 Å². The topological polar surface area (TPSA) is 88.6 Å². The van der Waals surface area contributed by atoms with Crippen molar-refractivity contribution >= 4 is 33.7 Å². The number of methoxy groups -OCH3 is 2. The zero-order chi connectivity index (χ0) is 19.7. The number of fused-ring (bicyclic) bond motifs is 3. The summed E-state index contributed by atoms with van der Waals surface area (Å²) in [4.78, 5) is 28.2. The number of hydrogen-bond donors (Lipinski definition) is 2. The van der Waals surface area contributed by atoms with E-state index in [1.165, 1.54) is 14.2 Å². The summed E-state index contributed by atoms with van der Waals surface area (Å²) in [5.74, 6) is -1.82. The minimum atomic E-state index is -0.799. The molecule has 0 aliphatic carbocycles. The lowest BCUT2D eigenvalue weighted by molar-refractivity contribution is 0.0551. The van der Waals surface area contributed by atoms with Crippen LogP contribution in [0.1, 0.15) is 40.1 Å². The number of phenols is 1. The highest BCUT2D eigenvalue weighted by Crippen LogP contribution is 2.40. The number of aromatic hydroxyl groups is 1. The van der Waals surface area contributed by atoms with Crippen LogP contribution in [0.3, 0.4) is 0 Å². The van der Waals surface area contributed by atoms with Crippen LogP contribution in [0.25, 0.3) is 21.8 Å². The molecule has 140 valence electrons. The summed E-state index contributed by atoms with van der Waals surface area (Å²) >= 11 is 0. The van der Waals surface area contributed by atoms with Gasteiger partial charge < -0.3 is 19.6 Å². The van der Waals surface area contributed by atoms with Crippen molar-refractivity contribution < 1.29 is 24.2 Å². The first-order valence-electron chi connectivity index (χ1n) is 8.48. The van der Waals surface area contributed by atoms with Gasteiger partial charge in [0.2, 0.25) is 0 Å². The molecule has 0 radical (unpaired) electrons. The Balaban J connectivity index is 2.56. The van der Waals surface area contributed by atoms with Gasteiger partial charge in [0.1, 0.15) is 5.56 Å². The predicted molar refractivity (Wildman–Crippen MR) is 103 cm³/mol. The van der Waals surface area contributed by atoms with E-state index in [-0.39, 0.29) is 16.9 Å². The van der Waals surface area contributed by atoms with E-state index in [9.17, 15) is 14.7 Å². The average Bonchev–Trinajstić information content (AvgIpc) is 3.05. The molecule has 3 rings (SSSR count). The van der Waals surface area contributed by atoms with Crippen LogP contribution < -0.4 is 0 Å². The van der Waals surface area contributed by atoms with Crippen LogP contribution in [-0.2, 0) is 15.9 Å². The fourth-order valence-electron chi connectivity index (χ4n) is 3.29. The summed E-state index contributed by atoms with van der Waals surface area (Å²) in [7, 11) is 2.44. The number of rotatable bonds is 4. The summed E-state index contributed by atoms with van der Waals surface area (Å²) < 4.78 is 9.74. The van der Waals surface area contributed by atoms with Crippen molar-refractivity contribution in [2.45, 2.75) is 20.3 Å². The first-order chi connectivity index (χ1) is 12.9. The second-order valence-electron chi connectivity index (χ2n) is 6.47. The van der Waals surface area contributed by atoms with Gasteiger partial charge in [0, 0.05) is 16.3 Å². The lowest BCUT2D eigenvalue weighted by Crippen LogP contribution is -2.15. The van der Waals surface area contributed by atoms with E-state index >= 15 is 0 Å². The summed E-state index contributed by atoms with van der Waals surface area (Å²) in [6.45, 7) is 3.90. The van der Waals surface area contributed by atoms with E-state index in [1.807, 2.05) is 44.2 Å². The van der Waals surface area contributed by atoms with Crippen LogP contribution in [0.5, 0.6) is 5.75 Å². The van der Waals surface area contributed by atoms with Crippen molar-refractivity contribution in [3.05, 3.63) is 52.6 Å². The van der Waals surface area contributed by atoms with Crippen LogP contribution in [0.15, 0.2) is 35.9 Å². The van der Waals surface area contributed by atoms with Crippen molar-refractivity contribution in [2.24, 2.45) is 0 Å². The van der Waals surface area contributed by atoms with Gasteiger partial charge in [0.25, 0.3) is 0 Å². The maximum Gasteiger partial charge on any atom is 0.342 e. The maximum absolute atomic E-state index is 12.6. The number of allylic oxidation sites excluding steroid dienone is 2. The molecule has 1 aromatic heterocycles. The molecule has 2 aromatic carbocycles. The summed E-state index contributed by atoms with van der Waals surface area (Å²) in [5.41, 5.74) is 2.68. The number of H-pyrrole nitrogens is 1. The Morgan fingerprint density at radius 3 is 2.33 bits per heavy atom. The van der Waals surface area contributed by atoms with Gasteiger partial charge in [0.15, 0.2) is 5.75 Å². The number of carbonyl (C=O) groups is 2. The molecule has 0 aliphatic heterocycles. The Labute approximate surface area is 156 Å². The van der Waals surface area contributed by atoms with Crippen molar-refractivity contribution in [2.75, 3.05) is 14.2 Å². The smallest absolute Gasteiger partial charge is 0.342 e. The largest absolute Gasteiger partial charge is 0.505 e. The quantitative estimate of drug-likeness (QED) is 0.535. The van der Waals surface area contributed by atoms with Gasteiger partial charge in [-0.05, 0) is 31.9 Å². The van der Waals surface area contributed by atoms with Crippen molar-refractivity contribution in [3.8, 4) is 5.75 Å². The molecule has 0 aliphatic rings. The molecule has 1 heterocycles. The van der Waals surface area contributed by atoms with E-state index in [1.54, 1.807) is 0 Å². The van der Waals surface area contributed by atoms with Gasteiger partial charge in [-0.25, -0.2) is 9.59 Å². The Morgan fingerprint density at radius 1 is 1.07 bits per heavy atom. The summed E-state index contributed by atoms with van der Waals surface area (Å²) in [5, 5.41) is 12.4. The Hall–Kier alpha value is -3.28. The average molecular weight is 367 g/mol.